The Hall–Kier alpha value is -4.00. The highest BCUT2D eigenvalue weighted by Crippen LogP contribution is 2.31. The maximum Gasteiger partial charge on any atom is 0.338 e. The van der Waals surface area contributed by atoms with Crippen molar-refractivity contribution in [3.05, 3.63) is 62.4 Å². The quantitative estimate of drug-likeness (QED) is 0.658. The highest BCUT2D eigenvalue weighted by molar-refractivity contribution is 5.53. The van der Waals surface area contributed by atoms with Crippen molar-refractivity contribution in [1.29, 1.82) is 5.26 Å². The Morgan fingerprint density at radius 3 is 2.41 bits per heavy atom. The molecule has 2 aromatic heterocycles. The second-order valence-electron chi connectivity index (χ2n) is 7.35. The molecule has 29 heavy (non-hydrogen) atoms. The SMILES string of the molecule is Cn1c(=O)c(/N=N/c2[nH]nc(C(C)(C)C)c2C#N)c(O)n(-c2ccccc2)c1=O. The van der Waals surface area contributed by atoms with Crippen LogP contribution in [-0.2, 0) is 12.5 Å². The van der Waals surface area contributed by atoms with Gasteiger partial charge >= 0.3 is 5.69 Å². The highest BCUT2D eigenvalue weighted by atomic mass is 16.3. The fourth-order valence-electron chi connectivity index (χ4n) is 2.74. The predicted molar refractivity (Wildman–Crippen MR) is 105 cm³/mol. The van der Waals surface area contributed by atoms with Crippen LogP contribution in [-0.4, -0.2) is 24.4 Å². The fourth-order valence-corrected chi connectivity index (χ4v) is 2.74. The van der Waals surface area contributed by atoms with Gasteiger partial charge in [0.15, 0.2) is 5.82 Å². The number of azo groups is 1. The standard InChI is InChI=1S/C19H19N7O3/c1-19(2,3)14-12(10-20)15(24-22-14)23-21-13-16(27)25(4)18(29)26(17(13)28)11-8-6-5-7-9-11/h5-9,28H,1-4H3,(H,22,24)/b23-21+. The Bertz CT molecular complexity index is 1250. The smallest absolute Gasteiger partial charge is 0.338 e. The third kappa shape index (κ3) is 3.45. The molecule has 3 aromatic rings. The van der Waals surface area contributed by atoms with Crippen molar-refractivity contribution in [2.75, 3.05) is 0 Å². The number of nitrogens with one attached hydrogen (secondary N) is 1. The van der Waals surface area contributed by atoms with Crippen LogP contribution < -0.4 is 11.2 Å². The lowest BCUT2D eigenvalue weighted by Crippen LogP contribution is -2.36. The molecule has 1 aromatic carbocycles. The first-order valence-electron chi connectivity index (χ1n) is 8.68. The normalized spacial score (nSPS) is 11.7. The van der Waals surface area contributed by atoms with Crippen LogP contribution in [0.4, 0.5) is 11.5 Å². The van der Waals surface area contributed by atoms with E-state index in [2.05, 4.69) is 20.4 Å². The summed E-state index contributed by atoms with van der Waals surface area (Å²) in [5.41, 5.74) is -1.35. The molecule has 0 unspecified atom stereocenters. The molecule has 0 fully saturated rings. The number of rotatable bonds is 3. The molecule has 10 nitrogen and oxygen atoms in total. The summed E-state index contributed by atoms with van der Waals surface area (Å²) < 4.78 is 1.77. The summed E-state index contributed by atoms with van der Waals surface area (Å²) in [6.07, 6.45) is 0. The Balaban J connectivity index is 2.18. The lowest BCUT2D eigenvalue weighted by atomic mass is 9.90. The Labute approximate surface area is 165 Å². The van der Waals surface area contributed by atoms with E-state index in [9.17, 15) is 20.0 Å². The lowest BCUT2D eigenvalue weighted by molar-refractivity contribution is 0.427. The van der Waals surface area contributed by atoms with Crippen LogP contribution >= 0.6 is 0 Å². The van der Waals surface area contributed by atoms with Gasteiger partial charge in [-0.1, -0.05) is 39.0 Å². The molecule has 0 amide bonds. The van der Waals surface area contributed by atoms with Gasteiger partial charge in [-0.25, -0.2) is 9.36 Å². The van der Waals surface area contributed by atoms with Gasteiger partial charge in [0, 0.05) is 12.5 Å². The maximum absolute atomic E-state index is 12.5. The maximum atomic E-state index is 12.5. The zero-order chi connectivity index (χ0) is 21.3. The molecular formula is C19H19N7O3. The number of para-hydroxylation sites is 1. The summed E-state index contributed by atoms with van der Waals surface area (Å²) in [7, 11) is 1.27. The van der Waals surface area contributed by atoms with Gasteiger partial charge in [-0.15, -0.1) is 10.2 Å². The third-order valence-electron chi connectivity index (χ3n) is 4.24. The second kappa shape index (κ2) is 7.20. The summed E-state index contributed by atoms with van der Waals surface area (Å²) in [6, 6.07) is 10.4. The van der Waals surface area contributed by atoms with Gasteiger partial charge in [-0.3, -0.25) is 14.5 Å². The molecule has 0 saturated carbocycles. The van der Waals surface area contributed by atoms with E-state index in [1.54, 1.807) is 30.3 Å². The molecule has 0 aliphatic carbocycles. The Kier molecular flexibility index (Phi) is 4.90. The number of benzene rings is 1. The molecule has 0 spiro atoms. The van der Waals surface area contributed by atoms with Crippen LogP contribution in [0.1, 0.15) is 32.0 Å². The van der Waals surface area contributed by atoms with Crippen molar-refractivity contribution >= 4 is 11.5 Å². The van der Waals surface area contributed by atoms with Gasteiger partial charge in [0.05, 0.1) is 11.4 Å². The van der Waals surface area contributed by atoms with E-state index in [4.69, 9.17) is 0 Å². The van der Waals surface area contributed by atoms with Crippen LogP contribution in [0.25, 0.3) is 5.69 Å². The van der Waals surface area contributed by atoms with Crippen LogP contribution in [0.3, 0.4) is 0 Å². The number of aromatic hydroxyl groups is 1. The van der Waals surface area contributed by atoms with Crippen molar-refractivity contribution in [3.8, 4) is 17.6 Å². The number of H-pyrrole nitrogens is 1. The summed E-state index contributed by atoms with van der Waals surface area (Å²) in [5, 5.41) is 34.5. The van der Waals surface area contributed by atoms with E-state index in [1.165, 1.54) is 7.05 Å². The first kappa shape index (κ1) is 19.8. The van der Waals surface area contributed by atoms with Gasteiger partial charge in [-0.2, -0.15) is 10.4 Å². The van der Waals surface area contributed by atoms with Crippen molar-refractivity contribution in [2.24, 2.45) is 17.3 Å². The van der Waals surface area contributed by atoms with Crippen LogP contribution in [0.5, 0.6) is 5.88 Å². The first-order valence-corrected chi connectivity index (χ1v) is 8.68. The topological polar surface area (TPSA) is 141 Å². The summed E-state index contributed by atoms with van der Waals surface area (Å²) in [4.78, 5) is 25.0. The molecular weight excluding hydrogens is 374 g/mol. The number of nitrogens with zero attached hydrogens (tertiary/aromatic N) is 6. The van der Waals surface area contributed by atoms with Gasteiger partial charge in [-0.05, 0) is 12.1 Å². The number of aromatic nitrogens is 4. The zero-order valence-electron chi connectivity index (χ0n) is 16.3. The van der Waals surface area contributed by atoms with E-state index in [-0.39, 0.29) is 11.4 Å². The van der Waals surface area contributed by atoms with E-state index < -0.39 is 28.2 Å². The third-order valence-corrected chi connectivity index (χ3v) is 4.24. The minimum Gasteiger partial charge on any atom is -0.492 e. The van der Waals surface area contributed by atoms with E-state index in [0.717, 1.165) is 9.13 Å². The van der Waals surface area contributed by atoms with Crippen LogP contribution in [0.15, 0.2) is 50.1 Å². The minimum absolute atomic E-state index is 0.0522. The molecule has 2 heterocycles. The van der Waals surface area contributed by atoms with E-state index in [1.807, 2.05) is 26.8 Å². The molecule has 0 saturated heterocycles. The number of hydrogen-bond donors (Lipinski definition) is 2. The van der Waals surface area contributed by atoms with E-state index in [0.29, 0.717) is 11.4 Å². The Morgan fingerprint density at radius 1 is 1.17 bits per heavy atom. The summed E-state index contributed by atoms with van der Waals surface area (Å²) >= 11 is 0. The first-order chi connectivity index (χ1) is 13.7. The molecule has 0 atom stereocenters. The largest absolute Gasteiger partial charge is 0.492 e. The van der Waals surface area contributed by atoms with Crippen molar-refractivity contribution in [1.82, 2.24) is 19.3 Å². The molecule has 0 aliphatic heterocycles. The predicted octanol–water partition coefficient (Wildman–Crippen LogP) is 2.55. The Morgan fingerprint density at radius 2 is 1.83 bits per heavy atom. The molecule has 10 heteroatoms. The number of hydrogen-bond acceptors (Lipinski definition) is 7. The lowest BCUT2D eigenvalue weighted by Gasteiger charge is -2.14. The van der Waals surface area contributed by atoms with Crippen LogP contribution in [0, 0.1) is 11.3 Å². The van der Waals surface area contributed by atoms with Crippen molar-refractivity contribution in [3.63, 3.8) is 0 Å². The number of nitriles is 1. The average Bonchev–Trinajstić information content (AvgIpc) is 3.10. The van der Waals surface area contributed by atoms with Crippen molar-refractivity contribution in [2.45, 2.75) is 26.2 Å². The monoisotopic (exact) mass is 393 g/mol. The van der Waals surface area contributed by atoms with Gasteiger partial charge < -0.3 is 5.11 Å². The van der Waals surface area contributed by atoms with Gasteiger partial charge in [0.25, 0.3) is 5.56 Å². The summed E-state index contributed by atoms with van der Waals surface area (Å²) in [5.74, 6) is -0.599. The number of aromatic amines is 1. The zero-order valence-corrected chi connectivity index (χ0v) is 16.3. The fraction of sp³-hybridized carbons (Fsp3) is 0.263. The summed E-state index contributed by atoms with van der Waals surface area (Å²) in [6.45, 7) is 5.67. The molecule has 0 aliphatic rings. The molecule has 0 bridgehead atoms. The van der Waals surface area contributed by atoms with Gasteiger partial charge in [0.1, 0.15) is 11.6 Å². The van der Waals surface area contributed by atoms with Gasteiger partial charge in [0.2, 0.25) is 11.6 Å². The van der Waals surface area contributed by atoms with E-state index >= 15 is 0 Å². The average molecular weight is 393 g/mol. The van der Waals surface area contributed by atoms with Crippen molar-refractivity contribution < 1.29 is 5.11 Å². The second-order valence-corrected chi connectivity index (χ2v) is 7.35. The molecule has 148 valence electrons. The van der Waals surface area contributed by atoms with Crippen LogP contribution in [0.2, 0.25) is 0 Å². The highest BCUT2D eigenvalue weighted by Gasteiger charge is 2.25. The minimum atomic E-state index is -0.822. The molecule has 0 radical (unpaired) electrons. The molecule has 2 N–H and O–H groups in total. The molecule has 3 rings (SSSR count).